The lowest BCUT2D eigenvalue weighted by atomic mass is 9.98. The van der Waals surface area contributed by atoms with Crippen molar-refractivity contribution in [3.05, 3.63) is 54.2 Å². The van der Waals surface area contributed by atoms with Crippen molar-refractivity contribution >= 4 is 27.6 Å². The number of rotatable bonds is 2. The maximum atomic E-state index is 13.2. The maximum absolute atomic E-state index is 13.2. The molecule has 1 saturated heterocycles. The standard InChI is InChI=1S/C21H23N3O/c1-23(2)16-9-12-24(13-10-16)21(25)19-14-15-6-3-4-7-17(15)18-8-5-11-22-20(18)19/h3-8,11,14,16H,9-10,12-13H2,1-2H3. The Labute approximate surface area is 148 Å². The van der Waals surface area contributed by atoms with E-state index in [0.717, 1.165) is 53.2 Å². The molecule has 0 atom stereocenters. The minimum Gasteiger partial charge on any atom is -0.338 e. The lowest BCUT2D eigenvalue weighted by molar-refractivity contribution is 0.0665. The first-order chi connectivity index (χ1) is 12.1. The molecule has 4 nitrogen and oxygen atoms in total. The number of carbonyl (C=O) groups is 1. The molecule has 0 saturated carbocycles. The molecule has 1 aromatic heterocycles. The molecule has 0 spiro atoms. The van der Waals surface area contributed by atoms with E-state index in [1.54, 1.807) is 6.20 Å². The van der Waals surface area contributed by atoms with Gasteiger partial charge in [0.25, 0.3) is 5.91 Å². The summed E-state index contributed by atoms with van der Waals surface area (Å²) in [6.45, 7) is 1.62. The summed E-state index contributed by atoms with van der Waals surface area (Å²) in [5.41, 5.74) is 1.53. The minimum atomic E-state index is 0.103. The Morgan fingerprint density at radius 1 is 1.08 bits per heavy atom. The molecule has 1 fully saturated rings. The third kappa shape index (κ3) is 2.87. The molecule has 0 bridgehead atoms. The van der Waals surface area contributed by atoms with Crippen molar-refractivity contribution in [2.24, 2.45) is 0 Å². The van der Waals surface area contributed by atoms with Crippen LogP contribution < -0.4 is 0 Å². The van der Waals surface area contributed by atoms with Gasteiger partial charge in [-0.3, -0.25) is 9.78 Å². The smallest absolute Gasteiger partial charge is 0.256 e. The third-order valence-electron chi connectivity index (χ3n) is 5.33. The van der Waals surface area contributed by atoms with Gasteiger partial charge in [0.05, 0.1) is 11.1 Å². The monoisotopic (exact) mass is 333 g/mol. The lowest BCUT2D eigenvalue weighted by Gasteiger charge is -2.35. The van der Waals surface area contributed by atoms with Gasteiger partial charge in [0.2, 0.25) is 0 Å². The second-order valence-corrected chi connectivity index (χ2v) is 7.03. The number of aromatic nitrogens is 1. The Balaban J connectivity index is 1.74. The van der Waals surface area contributed by atoms with Crippen LogP contribution in [0.2, 0.25) is 0 Å². The summed E-state index contributed by atoms with van der Waals surface area (Å²) in [7, 11) is 4.23. The summed E-state index contributed by atoms with van der Waals surface area (Å²) in [6.07, 6.45) is 3.82. The summed E-state index contributed by atoms with van der Waals surface area (Å²) >= 11 is 0. The number of likely N-dealkylation sites (tertiary alicyclic amines) is 1. The fourth-order valence-electron chi connectivity index (χ4n) is 3.85. The Morgan fingerprint density at radius 2 is 1.80 bits per heavy atom. The molecule has 2 aromatic carbocycles. The summed E-state index contributed by atoms with van der Waals surface area (Å²) < 4.78 is 0. The number of hydrogen-bond acceptors (Lipinski definition) is 3. The van der Waals surface area contributed by atoms with Crippen molar-refractivity contribution in [1.29, 1.82) is 0 Å². The summed E-state index contributed by atoms with van der Waals surface area (Å²) in [4.78, 5) is 22.0. The number of nitrogens with zero attached hydrogens (tertiary/aromatic N) is 3. The Kier molecular flexibility index (Phi) is 4.14. The largest absolute Gasteiger partial charge is 0.338 e. The van der Waals surface area contributed by atoms with Crippen LogP contribution in [0.25, 0.3) is 21.7 Å². The summed E-state index contributed by atoms with van der Waals surface area (Å²) in [6, 6.07) is 14.8. The van der Waals surface area contributed by atoms with Crippen LogP contribution in [0.15, 0.2) is 48.7 Å². The Hall–Kier alpha value is -2.46. The van der Waals surface area contributed by atoms with E-state index >= 15 is 0 Å². The van der Waals surface area contributed by atoms with Crippen LogP contribution in [0, 0.1) is 0 Å². The first-order valence-electron chi connectivity index (χ1n) is 8.87. The third-order valence-corrected chi connectivity index (χ3v) is 5.33. The van der Waals surface area contributed by atoms with Gasteiger partial charge < -0.3 is 9.80 Å². The van der Waals surface area contributed by atoms with E-state index in [4.69, 9.17) is 0 Å². The zero-order chi connectivity index (χ0) is 17.4. The van der Waals surface area contributed by atoms with Crippen molar-refractivity contribution < 1.29 is 4.79 Å². The zero-order valence-electron chi connectivity index (χ0n) is 14.8. The topological polar surface area (TPSA) is 36.4 Å². The minimum absolute atomic E-state index is 0.103. The Bertz CT molecular complexity index is 927. The highest BCUT2D eigenvalue weighted by molar-refractivity contribution is 6.15. The molecule has 1 amide bonds. The fraction of sp³-hybridized carbons (Fsp3) is 0.333. The maximum Gasteiger partial charge on any atom is 0.256 e. The van der Waals surface area contributed by atoms with E-state index < -0.39 is 0 Å². The molecule has 0 radical (unpaired) electrons. The molecule has 25 heavy (non-hydrogen) atoms. The molecule has 3 aromatic rings. The molecule has 2 heterocycles. The Morgan fingerprint density at radius 3 is 2.56 bits per heavy atom. The number of pyridine rings is 1. The molecule has 0 unspecified atom stereocenters. The molecule has 128 valence electrons. The van der Waals surface area contributed by atoms with E-state index in [9.17, 15) is 4.79 Å². The van der Waals surface area contributed by atoms with Crippen LogP contribution in [0.1, 0.15) is 23.2 Å². The second-order valence-electron chi connectivity index (χ2n) is 7.03. The van der Waals surface area contributed by atoms with E-state index in [1.165, 1.54) is 0 Å². The molecule has 0 aliphatic carbocycles. The second kappa shape index (κ2) is 6.45. The van der Waals surface area contributed by atoms with E-state index in [-0.39, 0.29) is 5.91 Å². The first kappa shape index (κ1) is 16.0. The van der Waals surface area contributed by atoms with Crippen LogP contribution in [0.5, 0.6) is 0 Å². The fourth-order valence-corrected chi connectivity index (χ4v) is 3.85. The van der Waals surface area contributed by atoms with Crippen LogP contribution in [0.4, 0.5) is 0 Å². The number of benzene rings is 2. The van der Waals surface area contributed by atoms with Crippen molar-refractivity contribution in [2.75, 3.05) is 27.2 Å². The van der Waals surface area contributed by atoms with Gasteiger partial charge in [0, 0.05) is 30.7 Å². The highest BCUT2D eigenvalue weighted by atomic mass is 16.2. The van der Waals surface area contributed by atoms with E-state index in [0.29, 0.717) is 6.04 Å². The quantitative estimate of drug-likeness (QED) is 0.673. The zero-order valence-corrected chi connectivity index (χ0v) is 14.8. The molecule has 4 heteroatoms. The first-order valence-corrected chi connectivity index (χ1v) is 8.87. The van der Waals surface area contributed by atoms with E-state index in [1.807, 2.05) is 29.2 Å². The van der Waals surface area contributed by atoms with Crippen molar-refractivity contribution in [2.45, 2.75) is 18.9 Å². The SMILES string of the molecule is CN(C)C1CCN(C(=O)c2cc3ccccc3c3cccnc23)CC1. The number of hydrogen-bond donors (Lipinski definition) is 0. The van der Waals surface area contributed by atoms with Gasteiger partial charge in [-0.15, -0.1) is 0 Å². The van der Waals surface area contributed by atoms with Gasteiger partial charge in [-0.2, -0.15) is 0 Å². The van der Waals surface area contributed by atoms with Gasteiger partial charge in [-0.25, -0.2) is 0 Å². The van der Waals surface area contributed by atoms with Gasteiger partial charge >= 0.3 is 0 Å². The van der Waals surface area contributed by atoms with Gasteiger partial charge in [-0.1, -0.05) is 30.3 Å². The lowest BCUT2D eigenvalue weighted by Crippen LogP contribution is -2.44. The van der Waals surface area contributed by atoms with Gasteiger partial charge in [0.1, 0.15) is 0 Å². The van der Waals surface area contributed by atoms with Crippen molar-refractivity contribution in [3.8, 4) is 0 Å². The van der Waals surface area contributed by atoms with Gasteiger partial charge in [-0.05, 0) is 49.8 Å². The molecular formula is C21H23N3O. The predicted octanol–water partition coefficient (Wildman–Crippen LogP) is 3.55. The summed E-state index contributed by atoms with van der Waals surface area (Å²) in [5, 5.41) is 3.29. The van der Waals surface area contributed by atoms with Crippen LogP contribution >= 0.6 is 0 Å². The predicted molar refractivity (Wildman–Crippen MR) is 102 cm³/mol. The van der Waals surface area contributed by atoms with Gasteiger partial charge in [0.15, 0.2) is 0 Å². The highest BCUT2D eigenvalue weighted by Gasteiger charge is 2.26. The van der Waals surface area contributed by atoms with Crippen LogP contribution in [0.3, 0.4) is 0 Å². The normalized spacial score (nSPS) is 16.0. The van der Waals surface area contributed by atoms with Crippen LogP contribution in [-0.2, 0) is 0 Å². The number of fused-ring (bicyclic) bond motifs is 3. The number of amides is 1. The molecular weight excluding hydrogens is 310 g/mol. The average Bonchev–Trinajstić information content (AvgIpc) is 2.67. The molecule has 4 rings (SSSR count). The van der Waals surface area contributed by atoms with Crippen LogP contribution in [-0.4, -0.2) is 53.9 Å². The van der Waals surface area contributed by atoms with E-state index in [2.05, 4.69) is 42.2 Å². The molecule has 0 N–H and O–H groups in total. The van der Waals surface area contributed by atoms with Crippen molar-refractivity contribution in [3.63, 3.8) is 0 Å². The molecule has 1 aliphatic rings. The molecule has 1 aliphatic heterocycles. The summed E-state index contributed by atoms with van der Waals surface area (Å²) in [5.74, 6) is 0.103. The average molecular weight is 333 g/mol. The van der Waals surface area contributed by atoms with Crippen molar-refractivity contribution in [1.82, 2.24) is 14.8 Å². The number of piperidine rings is 1. The number of carbonyl (C=O) groups excluding carboxylic acids is 1. The highest BCUT2D eigenvalue weighted by Crippen LogP contribution is 2.28.